The molecule has 18 heavy (non-hydrogen) atoms. The van der Waals surface area contributed by atoms with Crippen LogP contribution in [0.25, 0.3) is 6.08 Å². The molecule has 0 aliphatic rings. The summed E-state index contributed by atoms with van der Waals surface area (Å²) in [4.78, 5) is 22.6. The van der Waals surface area contributed by atoms with Gasteiger partial charge in [0.2, 0.25) is 0 Å². The number of benzene rings is 1. The molecule has 0 saturated carbocycles. The van der Waals surface area contributed by atoms with Gasteiger partial charge in [0.05, 0.1) is 5.57 Å². The van der Waals surface area contributed by atoms with E-state index < -0.39 is 11.9 Å². The van der Waals surface area contributed by atoms with Gasteiger partial charge in [0.1, 0.15) is 0 Å². The monoisotopic (exact) mass is 242 g/mol. The van der Waals surface area contributed by atoms with Crippen molar-refractivity contribution < 1.29 is 14.3 Å². The smallest absolute Gasteiger partial charge is 0.345 e. The van der Waals surface area contributed by atoms with Gasteiger partial charge in [-0.3, -0.25) is 0 Å². The Morgan fingerprint density at radius 1 is 1.11 bits per heavy atom. The summed E-state index contributed by atoms with van der Waals surface area (Å²) in [5, 5.41) is 0. The number of ether oxygens (including phenoxy) is 1. The third-order valence-electron chi connectivity index (χ3n) is 2.07. The zero-order valence-corrected chi connectivity index (χ0v) is 10.2. The van der Waals surface area contributed by atoms with E-state index in [0.29, 0.717) is 0 Å². The molecule has 0 amide bonds. The normalized spacial score (nSPS) is 10.1. The van der Waals surface area contributed by atoms with E-state index in [0.717, 1.165) is 5.56 Å². The van der Waals surface area contributed by atoms with Crippen LogP contribution in [0.3, 0.4) is 0 Å². The van der Waals surface area contributed by atoms with Crippen molar-refractivity contribution in [2.75, 3.05) is 0 Å². The van der Waals surface area contributed by atoms with E-state index in [1.165, 1.54) is 13.0 Å². The van der Waals surface area contributed by atoms with Crippen molar-refractivity contribution in [1.82, 2.24) is 0 Å². The highest BCUT2D eigenvalue weighted by molar-refractivity contribution is 6.02. The Morgan fingerprint density at radius 3 is 2.28 bits per heavy atom. The van der Waals surface area contributed by atoms with E-state index in [1.807, 2.05) is 30.3 Å². The fourth-order valence-electron chi connectivity index (χ4n) is 1.07. The lowest BCUT2D eigenvalue weighted by molar-refractivity contribution is -0.153. The summed E-state index contributed by atoms with van der Waals surface area (Å²) in [5.74, 6) is -1.51. The molecule has 1 rings (SSSR count). The molecule has 0 heterocycles. The van der Waals surface area contributed by atoms with Crippen LogP contribution in [-0.2, 0) is 14.3 Å². The molecule has 1 aromatic rings. The van der Waals surface area contributed by atoms with Crippen molar-refractivity contribution >= 4 is 18.0 Å². The Bertz CT molecular complexity index is 510. The summed E-state index contributed by atoms with van der Waals surface area (Å²) in [7, 11) is 0. The van der Waals surface area contributed by atoms with E-state index in [4.69, 9.17) is 0 Å². The molecular formula is C15H14O3. The topological polar surface area (TPSA) is 43.4 Å². The van der Waals surface area contributed by atoms with Crippen LogP contribution in [0.5, 0.6) is 0 Å². The van der Waals surface area contributed by atoms with Crippen molar-refractivity contribution in [3.05, 3.63) is 66.3 Å². The van der Waals surface area contributed by atoms with Crippen LogP contribution < -0.4 is 0 Å². The zero-order chi connectivity index (χ0) is 13.5. The molecule has 0 aromatic heterocycles. The minimum absolute atomic E-state index is 0.105. The van der Waals surface area contributed by atoms with Gasteiger partial charge in [-0.2, -0.15) is 0 Å². The number of rotatable bonds is 4. The van der Waals surface area contributed by atoms with Crippen molar-refractivity contribution in [3.63, 3.8) is 0 Å². The van der Waals surface area contributed by atoms with Crippen LogP contribution in [-0.4, -0.2) is 11.9 Å². The summed E-state index contributed by atoms with van der Waals surface area (Å²) in [5.41, 5.74) is 1.20. The lowest BCUT2D eigenvalue weighted by Gasteiger charge is -2.01. The Morgan fingerprint density at radius 2 is 1.72 bits per heavy atom. The van der Waals surface area contributed by atoms with Gasteiger partial charge in [0.15, 0.2) is 0 Å². The highest BCUT2D eigenvalue weighted by Gasteiger charge is 2.12. The second kappa shape index (κ2) is 6.35. The van der Waals surface area contributed by atoms with E-state index in [-0.39, 0.29) is 11.1 Å². The maximum Gasteiger partial charge on any atom is 0.345 e. The fourth-order valence-corrected chi connectivity index (χ4v) is 1.07. The lowest BCUT2D eigenvalue weighted by atomic mass is 10.2. The summed E-state index contributed by atoms with van der Waals surface area (Å²) in [6.45, 7) is 8.40. The van der Waals surface area contributed by atoms with Crippen molar-refractivity contribution in [2.45, 2.75) is 6.92 Å². The van der Waals surface area contributed by atoms with E-state index >= 15 is 0 Å². The molecule has 0 N–H and O–H groups in total. The zero-order valence-electron chi connectivity index (χ0n) is 10.2. The highest BCUT2D eigenvalue weighted by atomic mass is 16.6. The predicted octanol–water partition coefficient (Wildman–Crippen LogP) is 2.90. The van der Waals surface area contributed by atoms with Gasteiger partial charge in [0.25, 0.3) is 0 Å². The van der Waals surface area contributed by atoms with Gasteiger partial charge in [-0.15, -0.1) is 0 Å². The molecule has 0 fully saturated rings. The highest BCUT2D eigenvalue weighted by Crippen LogP contribution is 2.06. The maximum absolute atomic E-state index is 11.4. The standard InChI is InChI=1S/C15H14O3/c1-11(2)14(16)18-15(17)12(3)9-10-13-7-5-4-6-8-13/h4-10H,1,3H2,2H3. The molecule has 0 saturated heterocycles. The summed E-state index contributed by atoms with van der Waals surface area (Å²) in [6.07, 6.45) is 3.22. The Kier molecular flexibility index (Phi) is 4.81. The lowest BCUT2D eigenvalue weighted by Crippen LogP contribution is -2.13. The predicted molar refractivity (Wildman–Crippen MR) is 70.5 cm³/mol. The van der Waals surface area contributed by atoms with Crippen LogP contribution in [0, 0.1) is 0 Å². The third-order valence-corrected chi connectivity index (χ3v) is 2.07. The summed E-state index contributed by atoms with van der Waals surface area (Å²) < 4.78 is 4.53. The number of carbonyl (C=O) groups excluding carboxylic acids is 2. The quantitative estimate of drug-likeness (QED) is 0.353. The second-order valence-corrected chi connectivity index (χ2v) is 3.73. The van der Waals surface area contributed by atoms with Crippen LogP contribution in [0.4, 0.5) is 0 Å². The molecule has 0 aliphatic heterocycles. The first-order valence-electron chi connectivity index (χ1n) is 5.34. The Hall–Kier alpha value is -2.42. The van der Waals surface area contributed by atoms with Gasteiger partial charge in [-0.05, 0) is 18.6 Å². The summed E-state index contributed by atoms with van der Waals surface area (Å²) in [6, 6.07) is 9.42. The molecule has 0 bridgehead atoms. The van der Waals surface area contributed by atoms with Crippen LogP contribution in [0.2, 0.25) is 0 Å². The molecule has 0 atom stereocenters. The largest absolute Gasteiger partial charge is 0.386 e. The van der Waals surface area contributed by atoms with Gasteiger partial charge in [0, 0.05) is 5.57 Å². The van der Waals surface area contributed by atoms with Gasteiger partial charge in [-0.1, -0.05) is 49.6 Å². The number of hydrogen-bond donors (Lipinski definition) is 0. The average Bonchev–Trinajstić information content (AvgIpc) is 2.36. The van der Waals surface area contributed by atoms with Crippen LogP contribution in [0.15, 0.2) is 60.7 Å². The number of esters is 2. The van der Waals surface area contributed by atoms with Gasteiger partial charge in [-0.25, -0.2) is 9.59 Å². The van der Waals surface area contributed by atoms with Gasteiger partial charge >= 0.3 is 11.9 Å². The number of carbonyl (C=O) groups is 2. The maximum atomic E-state index is 11.4. The SMILES string of the molecule is C=C(C)C(=O)OC(=O)C(=C)C=Cc1ccccc1. The Labute approximate surface area is 106 Å². The van der Waals surface area contributed by atoms with Gasteiger partial charge < -0.3 is 4.74 Å². The van der Waals surface area contributed by atoms with E-state index in [9.17, 15) is 9.59 Å². The molecule has 92 valence electrons. The molecule has 3 nitrogen and oxygen atoms in total. The van der Waals surface area contributed by atoms with Crippen molar-refractivity contribution in [2.24, 2.45) is 0 Å². The molecule has 0 aliphatic carbocycles. The first-order chi connectivity index (χ1) is 8.50. The first kappa shape index (κ1) is 13.6. The molecular weight excluding hydrogens is 228 g/mol. The summed E-state index contributed by atoms with van der Waals surface area (Å²) >= 11 is 0. The average molecular weight is 242 g/mol. The second-order valence-electron chi connectivity index (χ2n) is 3.73. The first-order valence-corrected chi connectivity index (χ1v) is 5.34. The number of hydrogen-bond acceptors (Lipinski definition) is 3. The molecule has 3 heteroatoms. The van der Waals surface area contributed by atoms with Crippen molar-refractivity contribution in [1.29, 1.82) is 0 Å². The Balaban J connectivity index is 2.61. The molecule has 1 aromatic carbocycles. The van der Waals surface area contributed by atoms with Crippen LogP contribution >= 0.6 is 0 Å². The van der Waals surface area contributed by atoms with Crippen molar-refractivity contribution in [3.8, 4) is 0 Å². The third kappa shape index (κ3) is 4.22. The minimum Gasteiger partial charge on any atom is -0.386 e. The fraction of sp³-hybridized carbons (Fsp3) is 0.0667. The molecule has 0 spiro atoms. The van der Waals surface area contributed by atoms with Crippen LogP contribution in [0.1, 0.15) is 12.5 Å². The molecule has 0 unspecified atom stereocenters. The van der Waals surface area contributed by atoms with E-state index in [2.05, 4.69) is 17.9 Å². The minimum atomic E-state index is -0.768. The molecule has 0 radical (unpaired) electrons. The van der Waals surface area contributed by atoms with E-state index in [1.54, 1.807) is 6.08 Å².